The molecule has 3 rings (SSSR count). The van der Waals surface area contributed by atoms with Crippen LogP contribution in [-0.2, 0) is 9.53 Å². The molecule has 0 radical (unpaired) electrons. The number of anilines is 1. The number of nitrogens with zero attached hydrogens (tertiary/aromatic N) is 2. The number of rotatable bonds is 3. The van der Waals surface area contributed by atoms with E-state index in [4.69, 9.17) is 17.0 Å². The van der Waals surface area contributed by atoms with Crippen molar-refractivity contribution >= 4 is 40.7 Å². The first kappa shape index (κ1) is 15.4. The van der Waals surface area contributed by atoms with Gasteiger partial charge in [0.15, 0.2) is 5.11 Å². The van der Waals surface area contributed by atoms with Crippen molar-refractivity contribution in [2.45, 2.75) is 0 Å². The average Bonchev–Trinajstić information content (AvgIpc) is 2.85. The van der Waals surface area contributed by atoms with Gasteiger partial charge in [-0.05, 0) is 29.9 Å². The molecular formula is C14H14N4O4S. The predicted octanol–water partition coefficient (Wildman–Crippen LogP) is 0.777. The summed E-state index contributed by atoms with van der Waals surface area (Å²) in [6, 6.07) is 4.89. The van der Waals surface area contributed by atoms with Crippen LogP contribution in [0, 0.1) is 10.1 Å². The molecule has 0 aromatic heterocycles. The summed E-state index contributed by atoms with van der Waals surface area (Å²) in [4.78, 5) is 24.5. The van der Waals surface area contributed by atoms with Crippen molar-refractivity contribution in [2.75, 3.05) is 31.2 Å². The summed E-state index contributed by atoms with van der Waals surface area (Å²) in [7, 11) is 0. The minimum atomic E-state index is -0.417. The van der Waals surface area contributed by atoms with Gasteiger partial charge < -0.3 is 15.0 Å². The normalized spacial score (nSPS) is 19.7. The number of nitrogens with one attached hydrogen (secondary N) is 2. The summed E-state index contributed by atoms with van der Waals surface area (Å²) in [6.45, 7) is 2.31. The molecule has 1 amide bonds. The van der Waals surface area contributed by atoms with E-state index in [1.165, 1.54) is 12.1 Å². The standard InChI is InChI=1S/C14H14N4O4S/c19-13-10(15-14(23)16-13)7-9-1-2-11(12(8-9)18(20)21)17-3-5-22-6-4-17/h1-2,7-8H,3-6H2,(H2,15,16,19,23)/b10-7+. The Morgan fingerprint density at radius 1 is 1.30 bits per heavy atom. The summed E-state index contributed by atoms with van der Waals surface area (Å²) in [5.41, 5.74) is 1.38. The maximum absolute atomic E-state index is 11.6. The van der Waals surface area contributed by atoms with Crippen molar-refractivity contribution in [3.8, 4) is 0 Å². The van der Waals surface area contributed by atoms with Crippen LogP contribution in [0.3, 0.4) is 0 Å². The molecule has 2 aliphatic rings. The summed E-state index contributed by atoms with van der Waals surface area (Å²) in [5, 5.41) is 16.8. The summed E-state index contributed by atoms with van der Waals surface area (Å²) in [6.07, 6.45) is 1.53. The van der Waals surface area contributed by atoms with Gasteiger partial charge in [-0.2, -0.15) is 0 Å². The minimum absolute atomic E-state index is 0.00207. The lowest BCUT2D eigenvalue weighted by atomic mass is 10.1. The van der Waals surface area contributed by atoms with Crippen LogP contribution in [-0.4, -0.2) is 42.2 Å². The highest BCUT2D eigenvalue weighted by molar-refractivity contribution is 7.80. The molecule has 8 nitrogen and oxygen atoms in total. The van der Waals surface area contributed by atoms with Crippen LogP contribution in [0.25, 0.3) is 6.08 Å². The van der Waals surface area contributed by atoms with Gasteiger partial charge >= 0.3 is 0 Å². The highest BCUT2D eigenvalue weighted by Crippen LogP contribution is 2.30. The van der Waals surface area contributed by atoms with Gasteiger partial charge in [0.1, 0.15) is 11.4 Å². The summed E-state index contributed by atoms with van der Waals surface area (Å²) < 4.78 is 5.27. The number of nitro benzene ring substituents is 1. The number of thiocarbonyl (C=S) groups is 1. The molecule has 2 aliphatic heterocycles. The van der Waals surface area contributed by atoms with Gasteiger partial charge in [0, 0.05) is 19.2 Å². The maximum atomic E-state index is 11.6. The van der Waals surface area contributed by atoms with E-state index in [2.05, 4.69) is 10.6 Å². The Kier molecular flexibility index (Phi) is 4.22. The van der Waals surface area contributed by atoms with E-state index in [0.29, 0.717) is 37.6 Å². The van der Waals surface area contributed by atoms with E-state index in [9.17, 15) is 14.9 Å². The van der Waals surface area contributed by atoms with Gasteiger partial charge in [0.25, 0.3) is 11.6 Å². The van der Waals surface area contributed by atoms with Crippen LogP contribution in [0.4, 0.5) is 11.4 Å². The van der Waals surface area contributed by atoms with Crippen LogP contribution in [0.5, 0.6) is 0 Å². The number of nitro groups is 1. The number of benzene rings is 1. The Labute approximate surface area is 137 Å². The lowest BCUT2D eigenvalue weighted by Crippen LogP contribution is -2.36. The van der Waals surface area contributed by atoms with E-state index in [1.807, 2.05) is 4.90 Å². The van der Waals surface area contributed by atoms with Gasteiger partial charge in [-0.15, -0.1) is 0 Å². The molecule has 9 heteroatoms. The molecule has 1 aromatic carbocycles. The first-order valence-corrected chi connectivity index (χ1v) is 7.40. The number of morpholine rings is 1. The number of hydrogen-bond acceptors (Lipinski definition) is 6. The third-order valence-electron chi connectivity index (χ3n) is 3.58. The van der Waals surface area contributed by atoms with Gasteiger partial charge in [-0.1, -0.05) is 6.07 Å². The Morgan fingerprint density at radius 2 is 2.04 bits per heavy atom. The number of hydrogen-bond donors (Lipinski definition) is 2. The highest BCUT2D eigenvalue weighted by atomic mass is 32.1. The predicted molar refractivity (Wildman–Crippen MR) is 88.0 cm³/mol. The van der Waals surface area contributed by atoms with Crippen molar-refractivity contribution in [1.29, 1.82) is 0 Å². The zero-order valence-corrected chi connectivity index (χ0v) is 12.9. The van der Waals surface area contributed by atoms with Crippen LogP contribution in [0.1, 0.15) is 5.56 Å². The first-order valence-electron chi connectivity index (χ1n) is 7.00. The lowest BCUT2D eigenvalue weighted by molar-refractivity contribution is -0.384. The Balaban J connectivity index is 1.93. The van der Waals surface area contributed by atoms with Crippen molar-refractivity contribution < 1.29 is 14.5 Å². The lowest BCUT2D eigenvalue weighted by Gasteiger charge is -2.28. The zero-order valence-electron chi connectivity index (χ0n) is 12.1. The van der Waals surface area contributed by atoms with Crippen LogP contribution in [0.2, 0.25) is 0 Å². The second kappa shape index (κ2) is 6.31. The third kappa shape index (κ3) is 3.30. The molecule has 0 aliphatic carbocycles. The monoisotopic (exact) mass is 334 g/mol. The number of carbonyl (C=O) groups is 1. The fourth-order valence-electron chi connectivity index (χ4n) is 2.50. The SMILES string of the molecule is O=C1NC(=S)N/C1=C/c1ccc(N2CCOCC2)c([N+](=O)[O-])c1. The quantitative estimate of drug-likeness (QED) is 0.365. The zero-order chi connectivity index (χ0) is 16.4. The molecule has 0 spiro atoms. The molecule has 0 unspecified atom stereocenters. The number of ether oxygens (including phenoxy) is 1. The molecule has 2 fully saturated rings. The maximum Gasteiger partial charge on any atom is 0.293 e. The van der Waals surface area contributed by atoms with E-state index < -0.39 is 4.92 Å². The van der Waals surface area contributed by atoms with Gasteiger partial charge in [0.2, 0.25) is 0 Å². The first-order chi connectivity index (χ1) is 11.0. The van der Waals surface area contributed by atoms with E-state index in [0.717, 1.165) is 0 Å². The van der Waals surface area contributed by atoms with Gasteiger partial charge in [0.05, 0.1) is 18.1 Å². The van der Waals surface area contributed by atoms with E-state index >= 15 is 0 Å². The molecule has 0 saturated carbocycles. The van der Waals surface area contributed by atoms with Gasteiger partial charge in [-0.3, -0.25) is 20.2 Å². The molecule has 1 aromatic rings. The number of carbonyl (C=O) groups excluding carboxylic acids is 1. The van der Waals surface area contributed by atoms with E-state index in [1.54, 1.807) is 12.1 Å². The smallest absolute Gasteiger partial charge is 0.293 e. The Morgan fingerprint density at radius 3 is 2.65 bits per heavy atom. The average molecular weight is 334 g/mol. The second-order valence-corrected chi connectivity index (χ2v) is 5.48. The third-order valence-corrected chi connectivity index (χ3v) is 3.78. The van der Waals surface area contributed by atoms with E-state index in [-0.39, 0.29) is 22.4 Å². The van der Waals surface area contributed by atoms with Crippen LogP contribution >= 0.6 is 12.2 Å². The minimum Gasteiger partial charge on any atom is -0.378 e. The largest absolute Gasteiger partial charge is 0.378 e. The summed E-state index contributed by atoms with van der Waals surface area (Å²) in [5.74, 6) is -0.352. The molecular weight excluding hydrogens is 320 g/mol. The van der Waals surface area contributed by atoms with Crippen LogP contribution in [0.15, 0.2) is 23.9 Å². The molecule has 2 heterocycles. The molecule has 2 N–H and O–H groups in total. The highest BCUT2D eigenvalue weighted by Gasteiger charge is 2.23. The van der Waals surface area contributed by atoms with Crippen molar-refractivity contribution in [1.82, 2.24) is 10.6 Å². The molecule has 23 heavy (non-hydrogen) atoms. The fourth-order valence-corrected chi connectivity index (χ4v) is 2.70. The van der Waals surface area contributed by atoms with Crippen molar-refractivity contribution in [3.05, 3.63) is 39.6 Å². The van der Waals surface area contributed by atoms with Gasteiger partial charge in [-0.25, -0.2) is 0 Å². The summed E-state index contributed by atoms with van der Waals surface area (Å²) >= 11 is 4.85. The van der Waals surface area contributed by atoms with Crippen molar-refractivity contribution in [3.63, 3.8) is 0 Å². The van der Waals surface area contributed by atoms with Crippen LogP contribution < -0.4 is 15.5 Å². The molecule has 2 saturated heterocycles. The molecule has 0 bridgehead atoms. The molecule has 120 valence electrons. The Bertz CT molecular complexity index is 713. The topological polar surface area (TPSA) is 96.7 Å². The second-order valence-electron chi connectivity index (χ2n) is 5.07. The molecule has 0 atom stereocenters. The number of amides is 1. The van der Waals surface area contributed by atoms with Crippen molar-refractivity contribution in [2.24, 2.45) is 0 Å². The fraction of sp³-hybridized carbons (Fsp3) is 0.286. The Hall–Kier alpha value is -2.52.